The Hall–Kier alpha value is -2.44. The number of hydrogen-bond acceptors (Lipinski definition) is 5. The summed E-state index contributed by atoms with van der Waals surface area (Å²) in [6.45, 7) is 2.12. The van der Waals surface area contributed by atoms with Gasteiger partial charge in [0.1, 0.15) is 0 Å². The molecule has 1 aliphatic heterocycles. The Morgan fingerprint density at radius 2 is 2.13 bits per heavy atom. The van der Waals surface area contributed by atoms with Crippen LogP contribution in [-0.4, -0.2) is 41.4 Å². The molecular formula is C16H20N2O5. The highest BCUT2D eigenvalue weighted by atomic mass is 16.6. The van der Waals surface area contributed by atoms with Crippen molar-refractivity contribution in [3.63, 3.8) is 0 Å². The Morgan fingerprint density at radius 1 is 1.39 bits per heavy atom. The van der Waals surface area contributed by atoms with Gasteiger partial charge in [-0.1, -0.05) is 6.07 Å². The molecule has 1 aromatic rings. The predicted octanol–water partition coefficient (Wildman–Crippen LogP) is 2.46. The lowest BCUT2D eigenvalue weighted by Gasteiger charge is -2.35. The molecule has 1 fully saturated rings. The van der Waals surface area contributed by atoms with E-state index < -0.39 is 4.92 Å². The van der Waals surface area contributed by atoms with Gasteiger partial charge in [-0.25, -0.2) is 0 Å². The van der Waals surface area contributed by atoms with Crippen LogP contribution in [0.4, 0.5) is 5.69 Å². The van der Waals surface area contributed by atoms with Gasteiger partial charge in [-0.15, -0.1) is 0 Å². The summed E-state index contributed by atoms with van der Waals surface area (Å²) >= 11 is 0. The normalized spacial score (nSPS) is 17.7. The van der Waals surface area contributed by atoms with Gasteiger partial charge in [0.15, 0.2) is 0 Å². The van der Waals surface area contributed by atoms with Crippen molar-refractivity contribution in [2.45, 2.75) is 38.6 Å². The number of nitro groups is 1. The number of nitro benzene ring substituents is 1. The SMILES string of the molecule is COC(=O)CC1CCCCN1C(=O)c1cccc([N+](=O)[O-])c1C. The molecule has 0 saturated carbocycles. The molecule has 23 heavy (non-hydrogen) atoms. The molecule has 2 rings (SSSR count). The van der Waals surface area contributed by atoms with Gasteiger partial charge in [0.25, 0.3) is 11.6 Å². The molecule has 0 aromatic heterocycles. The highest BCUT2D eigenvalue weighted by Gasteiger charge is 2.31. The van der Waals surface area contributed by atoms with Crippen molar-refractivity contribution in [3.05, 3.63) is 39.4 Å². The zero-order chi connectivity index (χ0) is 17.0. The molecule has 0 aliphatic carbocycles. The van der Waals surface area contributed by atoms with Gasteiger partial charge in [-0.2, -0.15) is 0 Å². The summed E-state index contributed by atoms with van der Waals surface area (Å²) in [4.78, 5) is 36.6. The fourth-order valence-electron chi connectivity index (χ4n) is 2.96. The molecule has 1 heterocycles. The quantitative estimate of drug-likeness (QED) is 0.483. The van der Waals surface area contributed by atoms with E-state index in [1.165, 1.54) is 19.2 Å². The maximum atomic E-state index is 12.8. The zero-order valence-corrected chi connectivity index (χ0v) is 13.3. The molecule has 1 unspecified atom stereocenters. The van der Waals surface area contributed by atoms with E-state index in [2.05, 4.69) is 0 Å². The fraction of sp³-hybridized carbons (Fsp3) is 0.500. The fourth-order valence-corrected chi connectivity index (χ4v) is 2.96. The van der Waals surface area contributed by atoms with Crippen molar-refractivity contribution in [1.29, 1.82) is 0 Å². The number of hydrogen-bond donors (Lipinski definition) is 0. The van der Waals surface area contributed by atoms with Gasteiger partial charge in [-0.3, -0.25) is 19.7 Å². The Kier molecular flexibility index (Phi) is 5.31. The van der Waals surface area contributed by atoms with E-state index in [-0.39, 0.29) is 30.0 Å². The van der Waals surface area contributed by atoms with E-state index in [9.17, 15) is 19.7 Å². The Balaban J connectivity index is 2.28. The molecule has 1 amide bonds. The van der Waals surface area contributed by atoms with Crippen LogP contribution in [0.15, 0.2) is 18.2 Å². The summed E-state index contributed by atoms with van der Waals surface area (Å²) in [6.07, 6.45) is 2.68. The van der Waals surface area contributed by atoms with Gasteiger partial charge in [0.05, 0.1) is 18.5 Å². The van der Waals surface area contributed by atoms with Crippen LogP contribution in [0.2, 0.25) is 0 Å². The smallest absolute Gasteiger partial charge is 0.307 e. The first-order chi connectivity index (χ1) is 11.0. The lowest BCUT2D eigenvalue weighted by molar-refractivity contribution is -0.385. The minimum Gasteiger partial charge on any atom is -0.469 e. The van der Waals surface area contributed by atoms with Crippen LogP contribution in [0.5, 0.6) is 0 Å². The largest absolute Gasteiger partial charge is 0.469 e. The number of benzene rings is 1. The average molecular weight is 320 g/mol. The number of nitrogens with zero attached hydrogens (tertiary/aromatic N) is 2. The van der Waals surface area contributed by atoms with Crippen molar-refractivity contribution >= 4 is 17.6 Å². The lowest BCUT2D eigenvalue weighted by atomic mass is 9.97. The monoisotopic (exact) mass is 320 g/mol. The summed E-state index contributed by atoms with van der Waals surface area (Å²) in [5, 5.41) is 11.0. The molecule has 0 bridgehead atoms. The maximum absolute atomic E-state index is 12.8. The van der Waals surface area contributed by atoms with Crippen molar-refractivity contribution in [1.82, 2.24) is 4.90 Å². The number of ether oxygens (including phenoxy) is 1. The molecule has 7 nitrogen and oxygen atoms in total. The van der Waals surface area contributed by atoms with E-state index >= 15 is 0 Å². The minimum absolute atomic E-state index is 0.0719. The third kappa shape index (κ3) is 3.67. The lowest BCUT2D eigenvalue weighted by Crippen LogP contribution is -2.45. The first-order valence-electron chi connectivity index (χ1n) is 7.57. The molecule has 0 N–H and O–H groups in total. The van der Waals surface area contributed by atoms with E-state index in [0.717, 1.165) is 19.3 Å². The summed E-state index contributed by atoms with van der Waals surface area (Å²) in [7, 11) is 1.32. The summed E-state index contributed by atoms with van der Waals surface area (Å²) in [5.41, 5.74) is 0.596. The predicted molar refractivity (Wildman–Crippen MR) is 83.1 cm³/mol. The summed E-state index contributed by atoms with van der Waals surface area (Å²) < 4.78 is 4.69. The van der Waals surface area contributed by atoms with Gasteiger partial charge < -0.3 is 9.64 Å². The summed E-state index contributed by atoms with van der Waals surface area (Å²) in [5.74, 6) is -0.620. The molecule has 124 valence electrons. The number of methoxy groups -OCH3 is 1. The van der Waals surface area contributed by atoms with Gasteiger partial charge in [0, 0.05) is 29.8 Å². The number of esters is 1. The standard InChI is InChI=1S/C16H20N2O5/c1-11-13(7-5-8-14(11)18(21)22)16(20)17-9-4-3-6-12(17)10-15(19)23-2/h5,7-8,12H,3-4,6,9-10H2,1-2H3. The first kappa shape index (κ1) is 16.9. The minimum atomic E-state index is -0.492. The van der Waals surface area contributed by atoms with Crippen LogP contribution in [0.3, 0.4) is 0 Å². The number of rotatable bonds is 4. The molecule has 7 heteroatoms. The zero-order valence-electron chi connectivity index (χ0n) is 13.3. The van der Waals surface area contributed by atoms with E-state index in [0.29, 0.717) is 17.7 Å². The molecule has 1 saturated heterocycles. The Labute approximate surface area is 134 Å². The second kappa shape index (κ2) is 7.21. The molecule has 1 atom stereocenters. The Bertz CT molecular complexity index is 629. The topological polar surface area (TPSA) is 89.8 Å². The van der Waals surface area contributed by atoms with Crippen molar-refractivity contribution in [2.24, 2.45) is 0 Å². The van der Waals surface area contributed by atoms with E-state index in [1.807, 2.05) is 0 Å². The maximum Gasteiger partial charge on any atom is 0.307 e. The average Bonchev–Trinajstić information content (AvgIpc) is 2.54. The number of carbonyl (C=O) groups is 2. The van der Waals surface area contributed by atoms with Crippen LogP contribution in [0.25, 0.3) is 0 Å². The third-order valence-corrected chi connectivity index (χ3v) is 4.25. The van der Waals surface area contributed by atoms with Crippen molar-refractivity contribution in [2.75, 3.05) is 13.7 Å². The Morgan fingerprint density at radius 3 is 2.78 bits per heavy atom. The molecule has 1 aliphatic rings. The number of piperidine rings is 1. The highest BCUT2D eigenvalue weighted by molar-refractivity contribution is 5.97. The second-order valence-electron chi connectivity index (χ2n) is 5.64. The molecule has 0 radical (unpaired) electrons. The van der Waals surface area contributed by atoms with Crippen LogP contribution >= 0.6 is 0 Å². The van der Waals surface area contributed by atoms with Gasteiger partial charge in [-0.05, 0) is 32.3 Å². The van der Waals surface area contributed by atoms with E-state index in [4.69, 9.17) is 4.74 Å². The van der Waals surface area contributed by atoms with Crippen LogP contribution < -0.4 is 0 Å². The molecular weight excluding hydrogens is 300 g/mol. The van der Waals surface area contributed by atoms with Crippen LogP contribution in [0, 0.1) is 17.0 Å². The summed E-state index contributed by atoms with van der Waals surface area (Å²) in [6, 6.07) is 4.27. The van der Waals surface area contributed by atoms with Crippen molar-refractivity contribution in [3.8, 4) is 0 Å². The van der Waals surface area contributed by atoms with Gasteiger partial charge >= 0.3 is 5.97 Å². The molecule has 1 aromatic carbocycles. The number of carbonyl (C=O) groups excluding carboxylic acids is 2. The third-order valence-electron chi connectivity index (χ3n) is 4.25. The van der Waals surface area contributed by atoms with Crippen LogP contribution in [0.1, 0.15) is 41.6 Å². The van der Waals surface area contributed by atoms with Crippen molar-refractivity contribution < 1.29 is 19.2 Å². The number of amides is 1. The van der Waals surface area contributed by atoms with Gasteiger partial charge in [0.2, 0.25) is 0 Å². The number of likely N-dealkylation sites (tertiary alicyclic amines) is 1. The highest BCUT2D eigenvalue weighted by Crippen LogP contribution is 2.26. The molecule has 0 spiro atoms. The first-order valence-corrected chi connectivity index (χ1v) is 7.57. The van der Waals surface area contributed by atoms with Crippen LogP contribution in [-0.2, 0) is 9.53 Å². The second-order valence-corrected chi connectivity index (χ2v) is 5.64. The van der Waals surface area contributed by atoms with E-state index in [1.54, 1.807) is 17.9 Å².